The van der Waals surface area contributed by atoms with Gasteiger partial charge in [0.2, 0.25) is 5.91 Å². The van der Waals surface area contributed by atoms with Gasteiger partial charge in [-0.15, -0.1) is 11.3 Å². The van der Waals surface area contributed by atoms with Crippen molar-refractivity contribution in [1.82, 2.24) is 9.29 Å². The quantitative estimate of drug-likeness (QED) is 0.757. The Balaban J connectivity index is 1.76. The summed E-state index contributed by atoms with van der Waals surface area (Å²) in [4.78, 5) is 16.5. The Bertz CT molecular complexity index is 964. The van der Waals surface area contributed by atoms with Crippen LogP contribution in [0.2, 0.25) is 0 Å². The molecule has 0 bridgehead atoms. The van der Waals surface area contributed by atoms with Crippen LogP contribution >= 0.6 is 11.3 Å². The lowest BCUT2D eigenvalue weighted by molar-refractivity contribution is -0.116. The van der Waals surface area contributed by atoms with E-state index in [0.717, 1.165) is 21.0 Å². The van der Waals surface area contributed by atoms with Crippen molar-refractivity contribution in [2.75, 3.05) is 18.9 Å². The number of amides is 1. The first-order valence-corrected chi connectivity index (χ1v) is 9.44. The van der Waals surface area contributed by atoms with E-state index >= 15 is 0 Å². The summed E-state index contributed by atoms with van der Waals surface area (Å²) in [6.45, 7) is -0.274. The molecule has 0 aliphatic heterocycles. The van der Waals surface area contributed by atoms with Gasteiger partial charge in [-0.2, -0.15) is 4.31 Å². The van der Waals surface area contributed by atoms with Gasteiger partial charge in [-0.25, -0.2) is 8.42 Å². The van der Waals surface area contributed by atoms with E-state index in [4.69, 9.17) is 0 Å². The number of thiophene rings is 1. The average molecular weight is 361 g/mol. The van der Waals surface area contributed by atoms with Crippen LogP contribution in [0.15, 0.2) is 58.3 Å². The van der Waals surface area contributed by atoms with Gasteiger partial charge in [0.05, 0.1) is 17.7 Å². The lowest BCUT2D eigenvalue weighted by Crippen LogP contribution is -2.34. The molecule has 2 heterocycles. The fourth-order valence-corrected chi connectivity index (χ4v) is 4.57. The van der Waals surface area contributed by atoms with Crippen molar-refractivity contribution in [3.8, 4) is 0 Å². The van der Waals surface area contributed by atoms with Gasteiger partial charge >= 0.3 is 0 Å². The number of sulfonamides is 1. The Morgan fingerprint density at radius 2 is 2.00 bits per heavy atom. The van der Waals surface area contributed by atoms with Crippen molar-refractivity contribution in [3.63, 3.8) is 0 Å². The van der Waals surface area contributed by atoms with Gasteiger partial charge < -0.3 is 5.32 Å². The minimum Gasteiger partial charge on any atom is -0.323 e. The van der Waals surface area contributed by atoms with E-state index in [1.807, 2.05) is 24.3 Å². The van der Waals surface area contributed by atoms with Gasteiger partial charge in [0.15, 0.2) is 0 Å². The van der Waals surface area contributed by atoms with Crippen LogP contribution in [0.3, 0.4) is 0 Å². The number of anilines is 1. The van der Waals surface area contributed by atoms with Crippen LogP contribution in [0, 0.1) is 0 Å². The third-order valence-electron chi connectivity index (χ3n) is 3.43. The maximum Gasteiger partial charge on any atom is 0.252 e. The monoisotopic (exact) mass is 361 g/mol. The molecule has 124 valence electrons. The molecule has 0 aliphatic carbocycles. The highest BCUT2D eigenvalue weighted by atomic mass is 32.2. The highest BCUT2D eigenvalue weighted by molar-refractivity contribution is 7.91. The molecule has 1 N–H and O–H groups in total. The molecule has 0 atom stereocenters. The van der Waals surface area contributed by atoms with Crippen LogP contribution in [0.25, 0.3) is 10.9 Å². The summed E-state index contributed by atoms with van der Waals surface area (Å²) >= 11 is 1.12. The third-order valence-corrected chi connectivity index (χ3v) is 6.61. The van der Waals surface area contributed by atoms with Crippen LogP contribution in [0.1, 0.15) is 0 Å². The Morgan fingerprint density at radius 1 is 1.21 bits per heavy atom. The fourth-order valence-electron chi connectivity index (χ4n) is 2.25. The molecular formula is C16H15N3O3S2. The standard InChI is InChI=1S/C16H15N3O3S2/c1-19(24(21,22)15-8-4-10-23-15)11-14(20)18-13-7-2-5-12-6-3-9-17-16(12)13/h2-10H,11H2,1H3,(H,18,20). The summed E-state index contributed by atoms with van der Waals surface area (Å²) in [5.74, 6) is -0.421. The zero-order chi connectivity index (χ0) is 17.2. The smallest absolute Gasteiger partial charge is 0.252 e. The van der Waals surface area contributed by atoms with Crippen molar-refractivity contribution >= 4 is 43.9 Å². The average Bonchev–Trinajstić information content (AvgIpc) is 3.10. The number of hydrogen-bond donors (Lipinski definition) is 1. The largest absolute Gasteiger partial charge is 0.323 e. The molecule has 1 aromatic carbocycles. The van der Waals surface area contributed by atoms with E-state index in [2.05, 4.69) is 10.3 Å². The zero-order valence-corrected chi connectivity index (χ0v) is 14.5. The number of likely N-dealkylation sites (N-methyl/N-ethyl adjacent to an activating group) is 1. The zero-order valence-electron chi connectivity index (χ0n) is 12.8. The lowest BCUT2D eigenvalue weighted by atomic mass is 10.2. The third kappa shape index (κ3) is 3.30. The molecule has 0 spiro atoms. The topological polar surface area (TPSA) is 79.4 Å². The predicted molar refractivity (Wildman–Crippen MR) is 94.5 cm³/mol. The molecule has 0 aliphatic rings. The first-order valence-electron chi connectivity index (χ1n) is 7.12. The lowest BCUT2D eigenvalue weighted by Gasteiger charge is -2.16. The fraction of sp³-hybridized carbons (Fsp3) is 0.125. The Morgan fingerprint density at radius 3 is 2.75 bits per heavy atom. The van der Waals surface area contributed by atoms with Crippen molar-refractivity contribution in [2.24, 2.45) is 0 Å². The maximum atomic E-state index is 12.3. The molecule has 8 heteroatoms. The second-order valence-corrected chi connectivity index (χ2v) is 8.34. The minimum absolute atomic E-state index is 0.213. The molecule has 0 saturated carbocycles. The summed E-state index contributed by atoms with van der Waals surface area (Å²) in [5, 5.41) is 5.31. The normalized spacial score (nSPS) is 11.8. The molecule has 6 nitrogen and oxygen atoms in total. The Labute approximate surface area is 143 Å². The summed E-state index contributed by atoms with van der Waals surface area (Å²) in [5.41, 5.74) is 1.22. The second-order valence-electron chi connectivity index (χ2n) is 5.12. The van der Waals surface area contributed by atoms with Crippen molar-refractivity contribution in [2.45, 2.75) is 4.21 Å². The second kappa shape index (κ2) is 6.68. The highest BCUT2D eigenvalue weighted by Gasteiger charge is 2.24. The van der Waals surface area contributed by atoms with Crippen molar-refractivity contribution < 1.29 is 13.2 Å². The number of fused-ring (bicyclic) bond motifs is 1. The van der Waals surface area contributed by atoms with E-state index in [-0.39, 0.29) is 10.8 Å². The minimum atomic E-state index is -3.65. The van der Waals surface area contributed by atoms with E-state index in [1.165, 1.54) is 13.1 Å². The number of hydrogen-bond acceptors (Lipinski definition) is 5. The molecule has 0 fully saturated rings. The molecule has 1 amide bonds. The van der Waals surface area contributed by atoms with Gasteiger partial charge in [-0.3, -0.25) is 9.78 Å². The number of carbonyl (C=O) groups excluding carboxylic acids is 1. The van der Waals surface area contributed by atoms with Gasteiger partial charge in [0.1, 0.15) is 4.21 Å². The first kappa shape index (κ1) is 16.6. The number of nitrogens with one attached hydrogen (secondary N) is 1. The summed E-state index contributed by atoms with van der Waals surface area (Å²) in [6, 6.07) is 12.3. The number of benzene rings is 1. The maximum absolute atomic E-state index is 12.3. The molecule has 0 saturated heterocycles. The van der Waals surface area contributed by atoms with Gasteiger partial charge in [0.25, 0.3) is 10.0 Å². The molecule has 2 aromatic heterocycles. The highest BCUT2D eigenvalue weighted by Crippen LogP contribution is 2.22. The molecule has 3 aromatic rings. The SMILES string of the molecule is CN(CC(=O)Nc1cccc2cccnc12)S(=O)(=O)c1cccs1. The number of aromatic nitrogens is 1. The van der Waals surface area contributed by atoms with Crippen LogP contribution in [0.4, 0.5) is 5.69 Å². The number of rotatable bonds is 5. The van der Waals surface area contributed by atoms with Crippen molar-refractivity contribution in [1.29, 1.82) is 0 Å². The summed E-state index contributed by atoms with van der Waals surface area (Å²) in [7, 11) is -2.27. The molecule has 24 heavy (non-hydrogen) atoms. The van der Waals surface area contributed by atoms with E-state index in [9.17, 15) is 13.2 Å². The van der Waals surface area contributed by atoms with Crippen LogP contribution < -0.4 is 5.32 Å². The van der Waals surface area contributed by atoms with E-state index in [0.29, 0.717) is 11.2 Å². The summed E-state index contributed by atoms with van der Waals surface area (Å²) in [6.07, 6.45) is 1.64. The number of nitrogens with zero attached hydrogens (tertiary/aromatic N) is 2. The van der Waals surface area contributed by atoms with E-state index < -0.39 is 15.9 Å². The van der Waals surface area contributed by atoms with E-state index in [1.54, 1.807) is 23.7 Å². The molecule has 3 rings (SSSR count). The number of para-hydroxylation sites is 1. The van der Waals surface area contributed by atoms with Crippen LogP contribution in [-0.4, -0.2) is 37.2 Å². The Kier molecular flexibility index (Phi) is 4.61. The van der Waals surface area contributed by atoms with Crippen molar-refractivity contribution in [3.05, 3.63) is 54.0 Å². The number of pyridine rings is 1. The molecule has 0 unspecified atom stereocenters. The summed E-state index contributed by atoms with van der Waals surface area (Å²) < 4.78 is 25.9. The number of carbonyl (C=O) groups is 1. The van der Waals surface area contributed by atoms with Gasteiger partial charge in [-0.1, -0.05) is 24.3 Å². The first-order chi connectivity index (χ1) is 11.5. The Hall–Kier alpha value is -2.29. The van der Waals surface area contributed by atoms with Gasteiger partial charge in [-0.05, 0) is 23.6 Å². The predicted octanol–water partition coefficient (Wildman–Crippen LogP) is 2.56. The van der Waals surface area contributed by atoms with Crippen LogP contribution in [-0.2, 0) is 14.8 Å². The van der Waals surface area contributed by atoms with Gasteiger partial charge in [0, 0.05) is 18.6 Å². The van der Waals surface area contributed by atoms with Crippen LogP contribution in [0.5, 0.6) is 0 Å². The molecular weight excluding hydrogens is 346 g/mol. The molecule has 0 radical (unpaired) electrons.